The maximum atomic E-state index is 12.6. The molecule has 0 unspecified atom stereocenters. The zero-order valence-electron chi connectivity index (χ0n) is 19.9. The summed E-state index contributed by atoms with van der Waals surface area (Å²) >= 11 is 0. The minimum absolute atomic E-state index is 0.658. The highest BCUT2D eigenvalue weighted by Crippen LogP contribution is 2.50. The molecule has 35 heavy (non-hydrogen) atoms. The molecule has 2 N–H and O–H groups in total. The molecule has 0 aromatic heterocycles. The van der Waals surface area contributed by atoms with E-state index in [1.165, 1.54) is 0 Å². The van der Waals surface area contributed by atoms with Crippen molar-refractivity contribution in [3.63, 3.8) is 0 Å². The highest BCUT2D eigenvalue weighted by Gasteiger charge is 2.61. The first-order valence-corrected chi connectivity index (χ1v) is 11.9. The van der Waals surface area contributed by atoms with E-state index < -0.39 is 29.2 Å². The molecule has 1 aliphatic heterocycles. The van der Waals surface area contributed by atoms with Crippen LogP contribution in [0.15, 0.2) is 121 Å². The topological polar surface area (TPSA) is 58.9 Å². The number of ether oxygens (including phenoxy) is 2. The highest BCUT2D eigenvalue weighted by molar-refractivity contribution is 5.43. The second kappa shape index (κ2) is 9.06. The van der Waals surface area contributed by atoms with Crippen LogP contribution in [-0.2, 0) is 20.7 Å². The molecule has 1 fully saturated rings. The van der Waals surface area contributed by atoms with E-state index in [0.29, 0.717) is 22.3 Å². The quantitative estimate of drug-likeness (QED) is 0.401. The third kappa shape index (κ3) is 4.09. The summed E-state index contributed by atoms with van der Waals surface area (Å²) < 4.78 is 13.0. The average molecular weight is 467 g/mol. The molecule has 178 valence electrons. The van der Waals surface area contributed by atoms with Crippen molar-refractivity contribution in [1.29, 1.82) is 0 Å². The summed E-state index contributed by atoms with van der Waals surface area (Å²) in [5, 5.41) is 25.2. The van der Waals surface area contributed by atoms with Crippen molar-refractivity contribution < 1.29 is 19.7 Å². The summed E-state index contributed by atoms with van der Waals surface area (Å²) in [6.45, 7) is 3.62. The van der Waals surface area contributed by atoms with Crippen LogP contribution in [0.4, 0.5) is 0 Å². The minimum atomic E-state index is -1.60. The van der Waals surface area contributed by atoms with Gasteiger partial charge in [0.25, 0.3) is 0 Å². The van der Waals surface area contributed by atoms with Gasteiger partial charge in [-0.05, 0) is 36.1 Å². The molecule has 1 aliphatic rings. The molecular formula is C31H30O4. The first kappa shape index (κ1) is 23.5. The molecule has 0 amide bonds. The molecule has 5 rings (SSSR count). The Morgan fingerprint density at radius 3 is 0.943 bits per heavy atom. The predicted molar refractivity (Wildman–Crippen MR) is 136 cm³/mol. The lowest BCUT2D eigenvalue weighted by molar-refractivity contribution is -0.172. The van der Waals surface area contributed by atoms with Crippen LogP contribution in [0.3, 0.4) is 0 Å². The molecule has 0 spiro atoms. The van der Waals surface area contributed by atoms with E-state index in [9.17, 15) is 10.2 Å². The van der Waals surface area contributed by atoms with E-state index >= 15 is 0 Å². The second-order valence-electron chi connectivity index (χ2n) is 9.47. The Morgan fingerprint density at radius 1 is 0.486 bits per heavy atom. The van der Waals surface area contributed by atoms with Gasteiger partial charge in [0.05, 0.1) is 0 Å². The Morgan fingerprint density at radius 2 is 0.714 bits per heavy atom. The first-order valence-electron chi connectivity index (χ1n) is 11.9. The lowest BCUT2D eigenvalue weighted by Gasteiger charge is -2.42. The Hall–Kier alpha value is -3.28. The number of rotatable bonds is 6. The van der Waals surface area contributed by atoms with Crippen molar-refractivity contribution in [2.75, 3.05) is 0 Å². The number of hydrogen-bond donors (Lipinski definition) is 2. The number of hydrogen-bond acceptors (Lipinski definition) is 4. The van der Waals surface area contributed by atoms with Crippen molar-refractivity contribution in [1.82, 2.24) is 0 Å². The smallest absolute Gasteiger partial charge is 0.164 e. The van der Waals surface area contributed by atoms with E-state index in [0.717, 1.165) is 0 Å². The van der Waals surface area contributed by atoms with Gasteiger partial charge in [0.2, 0.25) is 0 Å². The van der Waals surface area contributed by atoms with E-state index in [2.05, 4.69) is 0 Å². The zero-order valence-corrected chi connectivity index (χ0v) is 19.9. The Kier molecular flexibility index (Phi) is 6.07. The second-order valence-corrected chi connectivity index (χ2v) is 9.47. The maximum Gasteiger partial charge on any atom is 0.164 e. The van der Waals surface area contributed by atoms with E-state index in [-0.39, 0.29) is 0 Å². The normalized spacial score (nSPS) is 20.0. The van der Waals surface area contributed by atoms with Gasteiger partial charge in [-0.1, -0.05) is 121 Å². The van der Waals surface area contributed by atoms with Gasteiger partial charge in [-0.25, -0.2) is 0 Å². The van der Waals surface area contributed by atoms with Gasteiger partial charge in [-0.3, -0.25) is 0 Å². The molecule has 1 heterocycles. The van der Waals surface area contributed by atoms with Gasteiger partial charge in [-0.2, -0.15) is 0 Å². The lowest BCUT2D eigenvalue weighted by Crippen LogP contribution is -2.54. The van der Waals surface area contributed by atoms with E-state index in [1.807, 2.05) is 135 Å². The fraction of sp³-hybridized carbons (Fsp3) is 0.226. The van der Waals surface area contributed by atoms with Crippen LogP contribution in [0.5, 0.6) is 0 Å². The largest absolute Gasteiger partial charge is 0.378 e. The molecule has 0 aliphatic carbocycles. The summed E-state index contributed by atoms with van der Waals surface area (Å²) in [6, 6.07) is 37.8. The summed E-state index contributed by atoms with van der Waals surface area (Å²) in [5.41, 5.74) is -0.564. The van der Waals surface area contributed by atoms with Gasteiger partial charge in [0, 0.05) is 0 Å². The van der Waals surface area contributed by atoms with Crippen molar-refractivity contribution >= 4 is 0 Å². The molecule has 0 bridgehead atoms. The third-order valence-electron chi connectivity index (χ3n) is 6.78. The number of benzene rings is 4. The van der Waals surface area contributed by atoms with Gasteiger partial charge in [0.1, 0.15) is 23.4 Å². The van der Waals surface area contributed by atoms with Crippen LogP contribution in [0.25, 0.3) is 0 Å². The van der Waals surface area contributed by atoms with Crippen molar-refractivity contribution in [3.8, 4) is 0 Å². The van der Waals surface area contributed by atoms with Crippen LogP contribution in [0.2, 0.25) is 0 Å². The van der Waals surface area contributed by atoms with E-state index in [4.69, 9.17) is 9.47 Å². The standard InChI is InChI=1S/C31H30O4/c1-29(2)34-27(30(32,23-15-7-3-8-16-23)24-17-9-4-10-18-24)28(35-29)31(33,25-19-11-5-12-20-25)26-21-13-6-14-22-26/h3-22,27-28,32-33H,1-2H3/t27-,28+. The fourth-order valence-electron chi connectivity index (χ4n) is 5.13. The van der Waals surface area contributed by atoms with Crippen molar-refractivity contribution in [3.05, 3.63) is 144 Å². The van der Waals surface area contributed by atoms with Crippen LogP contribution in [0.1, 0.15) is 36.1 Å². The summed E-state index contributed by atoms with van der Waals surface area (Å²) in [5.74, 6) is -1.05. The monoisotopic (exact) mass is 466 g/mol. The Labute approximate surface area is 206 Å². The summed E-state index contributed by atoms with van der Waals surface area (Å²) in [6.07, 6.45) is -1.87. The summed E-state index contributed by atoms with van der Waals surface area (Å²) in [4.78, 5) is 0. The molecule has 2 atom stereocenters. The van der Waals surface area contributed by atoms with Crippen LogP contribution < -0.4 is 0 Å². The minimum Gasteiger partial charge on any atom is -0.378 e. The molecule has 1 saturated heterocycles. The van der Waals surface area contributed by atoms with Crippen LogP contribution in [-0.4, -0.2) is 28.2 Å². The Bertz CT molecular complexity index is 1060. The average Bonchev–Trinajstić information content (AvgIpc) is 3.26. The molecule has 4 heteroatoms. The molecule has 0 saturated carbocycles. The number of aliphatic hydroxyl groups is 2. The first-order chi connectivity index (χ1) is 16.9. The fourth-order valence-corrected chi connectivity index (χ4v) is 5.13. The van der Waals surface area contributed by atoms with E-state index in [1.54, 1.807) is 0 Å². The molecule has 4 aromatic rings. The zero-order chi connectivity index (χ0) is 24.5. The molecule has 0 radical (unpaired) electrons. The lowest BCUT2D eigenvalue weighted by atomic mass is 9.72. The third-order valence-corrected chi connectivity index (χ3v) is 6.78. The summed E-state index contributed by atoms with van der Waals surface area (Å²) in [7, 11) is 0. The maximum absolute atomic E-state index is 12.6. The molecule has 4 nitrogen and oxygen atoms in total. The van der Waals surface area contributed by atoms with Gasteiger partial charge in [-0.15, -0.1) is 0 Å². The SMILES string of the molecule is CC1(C)O[C@@H](C(O)(c2ccccc2)c2ccccc2)[C@@H](C(O)(c2ccccc2)c2ccccc2)O1. The Balaban J connectivity index is 1.76. The van der Waals surface area contributed by atoms with Crippen molar-refractivity contribution in [2.45, 2.75) is 43.0 Å². The van der Waals surface area contributed by atoms with Gasteiger partial charge >= 0.3 is 0 Å². The van der Waals surface area contributed by atoms with Crippen molar-refractivity contribution in [2.24, 2.45) is 0 Å². The predicted octanol–water partition coefficient (Wildman–Crippen LogP) is 5.38. The van der Waals surface area contributed by atoms with Gasteiger partial charge < -0.3 is 19.7 Å². The molecule has 4 aromatic carbocycles. The van der Waals surface area contributed by atoms with Crippen LogP contribution in [0, 0.1) is 0 Å². The van der Waals surface area contributed by atoms with Gasteiger partial charge in [0.15, 0.2) is 5.79 Å². The molecular weight excluding hydrogens is 436 g/mol. The van der Waals surface area contributed by atoms with Crippen LogP contribution >= 0.6 is 0 Å². The highest BCUT2D eigenvalue weighted by atomic mass is 16.8.